The van der Waals surface area contributed by atoms with Crippen LogP contribution >= 0.6 is 23.2 Å². The molecule has 2 saturated heterocycles. The van der Waals surface area contributed by atoms with E-state index in [9.17, 15) is 9.59 Å². The van der Waals surface area contributed by atoms with Crippen LogP contribution in [-0.2, 0) is 4.79 Å². The molecule has 1 aromatic carbocycles. The van der Waals surface area contributed by atoms with Gasteiger partial charge in [0, 0.05) is 31.2 Å². The van der Waals surface area contributed by atoms with Gasteiger partial charge in [-0.05, 0) is 68.7 Å². The lowest BCUT2D eigenvalue weighted by Crippen LogP contribution is -2.46. The van der Waals surface area contributed by atoms with Gasteiger partial charge < -0.3 is 15.1 Å². The zero-order valence-corrected chi connectivity index (χ0v) is 19.5. The smallest absolute Gasteiger partial charge is 0.256 e. The van der Waals surface area contributed by atoms with Crippen LogP contribution in [0.5, 0.6) is 0 Å². The summed E-state index contributed by atoms with van der Waals surface area (Å²) >= 11 is 12.2. The molecule has 1 N–H and O–H groups in total. The zero-order valence-electron chi connectivity index (χ0n) is 18.0. The summed E-state index contributed by atoms with van der Waals surface area (Å²) in [5, 5.41) is 3.85. The Hall–Kier alpha value is -1.30. The highest BCUT2D eigenvalue weighted by Crippen LogP contribution is 2.26. The molecule has 0 aromatic heterocycles. The number of piperidine rings is 1. The molecule has 3 atom stereocenters. The van der Waals surface area contributed by atoms with Gasteiger partial charge >= 0.3 is 0 Å². The summed E-state index contributed by atoms with van der Waals surface area (Å²) in [6.45, 7) is 9.32. The molecule has 5 nitrogen and oxygen atoms in total. The maximum Gasteiger partial charge on any atom is 0.256 e. The molecule has 0 aliphatic carbocycles. The molecule has 0 spiro atoms. The molecule has 0 radical (unpaired) electrons. The summed E-state index contributed by atoms with van der Waals surface area (Å²) in [6, 6.07) is 4.41. The number of rotatable bonds is 7. The van der Waals surface area contributed by atoms with Gasteiger partial charge in [0.25, 0.3) is 5.91 Å². The van der Waals surface area contributed by atoms with Gasteiger partial charge in [-0.25, -0.2) is 0 Å². The average Bonchev–Trinajstić information content (AvgIpc) is 3.18. The number of halogens is 2. The van der Waals surface area contributed by atoms with E-state index in [2.05, 4.69) is 24.1 Å². The van der Waals surface area contributed by atoms with Crippen molar-refractivity contribution in [3.63, 3.8) is 0 Å². The van der Waals surface area contributed by atoms with Crippen LogP contribution in [0.3, 0.4) is 0 Å². The van der Waals surface area contributed by atoms with E-state index in [4.69, 9.17) is 23.2 Å². The molecule has 3 rings (SSSR count). The average molecular weight is 454 g/mol. The second-order valence-electron chi connectivity index (χ2n) is 8.98. The van der Waals surface area contributed by atoms with E-state index in [1.807, 2.05) is 0 Å². The first-order valence-corrected chi connectivity index (χ1v) is 11.9. The van der Waals surface area contributed by atoms with Gasteiger partial charge in [0.1, 0.15) is 6.04 Å². The number of benzene rings is 1. The molecule has 0 saturated carbocycles. The number of amides is 2. The van der Waals surface area contributed by atoms with E-state index in [-0.39, 0.29) is 11.8 Å². The number of nitrogens with zero attached hydrogens (tertiary/aromatic N) is 2. The quantitative estimate of drug-likeness (QED) is 0.619. The molecule has 1 aromatic rings. The highest BCUT2D eigenvalue weighted by Gasteiger charge is 2.35. The van der Waals surface area contributed by atoms with E-state index in [0.717, 1.165) is 37.6 Å². The number of hydrogen-bond acceptors (Lipinski definition) is 3. The third-order valence-electron chi connectivity index (χ3n) is 6.12. The van der Waals surface area contributed by atoms with Gasteiger partial charge in [0.2, 0.25) is 5.91 Å². The highest BCUT2D eigenvalue weighted by atomic mass is 35.5. The number of unbranched alkanes of at least 4 members (excludes halogenated alkanes) is 1. The first kappa shape index (κ1) is 23.4. The molecule has 2 aliphatic rings. The van der Waals surface area contributed by atoms with Gasteiger partial charge in [0.15, 0.2) is 0 Å². The molecule has 0 bridgehead atoms. The fourth-order valence-electron chi connectivity index (χ4n) is 4.86. The zero-order chi connectivity index (χ0) is 21.7. The van der Waals surface area contributed by atoms with Crippen LogP contribution in [0.2, 0.25) is 10.0 Å². The fourth-order valence-corrected chi connectivity index (χ4v) is 5.23. The van der Waals surface area contributed by atoms with Crippen molar-refractivity contribution in [2.75, 3.05) is 32.7 Å². The Balaban J connectivity index is 1.44. The van der Waals surface area contributed by atoms with Crippen molar-refractivity contribution >= 4 is 35.0 Å². The lowest BCUT2D eigenvalue weighted by Gasteiger charge is -2.35. The number of hydrogen-bond donors (Lipinski definition) is 1. The normalized spacial score (nSPS) is 24.8. The second-order valence-corrected chi connectivity index (χ2v) is 9.83. The summed E-state index contributed by atoms with van der Waals surface area (Å²) in [5.41, 5.74) is 0.355. The summed E-state index contributed by atoms with van der Waals surface area (Å²) in [7, 11) is 0. The van der Waals surface area contributed by atoms with Gasteiger partial charge in [-0.2, -0.15) is 0 Å². The summed E-state index contributed by atoms with van der Waals surface area (Å²) < 4.78 is 0. The predicted molar refractivity (Wildman–Crippen MR) is 122 cm³/mol. The van der Waals surface area contributed by atoms with Crippen LogP contribution in [0.25, 0.3) is 0 Å². The SMILES string of the molecule is CC1CC(C)CN(CCCCNC(=O)C2CCCN2C(=O)c2cc(Cl)ccc2Cl)C1. The Morgan fingerprint density at radius 2 is 1.87 bits per heavy atom. The number of carbonyl (C=O) groups excluding carboxylic acids is 2. The largest absolute Gasteiger partial charge is 0.354 e. The number of carbonyl (C=O) groups is 2. The van der Waals surface area contributed by atoms with E-state index in [0.29, 0.717) is 35.1 Å². The Kier molecular flexibility index (Phi) is 8.44. The maximum atomic E-state index is 12.9. The Labute approximate surface area is 190 Å². The predicted octanol–water partition coefficient (Wildman–Crippen LogP) is 4.47. The van der Waals surface area contributed by atoms with Crippen molar-refractivity contribution in [2.45, 2.75) is 52.0 Å². The van der Waals surface area contributed by atoms with Crippen LogP contribution in [0.4, 0.5) is 0 Å². The molecule has 2 aliphatic heterocycles. The molecule has 2 fully saturated rings. The van der Waals surface area contributed by atoms with E-state index in [1.165, 1.54) is 19.5 Å². The number of nitrogens with one attached hydrogen (secondary N) is 1. The molecule has 2 heterocycles. The van der Waals surface area contributed by atoms with Gasteiger partial charge in [-0.1, -0.05) is 37.0 Å². The third-order valence-corrected chi connectivity index (χ3v) is 6.68. The molecular weight excluding hydrogens is 421 g/mol. The fraction of sp³-hybridized carbons (Fsp3) is 0.652. The van der Waals surface area contributed by atoms with Crippen molar-refractivity contribution < 1.29 is 9.59 Å². The Morgan fingerprint density at radius 1 is 1.13 bits per heavy atom. The highest BCUT2D eigenvalue weighted by molar-refractivity contribution is 6.35. The van der Waals surface area contributed by atoms with Crippen molar-refractivity contribution in [2.24, 2.45) is 11.8 Å². The summed E-state index contributed by atoms with van der Waals surface area (Å²) in [5.74, 6) is 1.24. The first-order chi connectivity index (χ1) is 14.3. The van der Waals surface area contributed by atoms with Crippen LogP contribution in [0.1, 0.15) is 56.3 Å². The Bertz CT molecular complexity index is 748. The molecule has 3 unspecified atom stereocenters. The second kappa shape index (κ2) is 10.8. The number of likely N-dealkylation sites (tertiary alicyclic amines) is 2. The van der Waals surface area contributed by atoms with Gasteiger partial charge in [-0.15, -0.1) is 0 Å². The van der Waals surface area contributed by atoms with E-state index < -0.39 is 6.04 Å². The minimum atomic E-state index is -0.434. The monoisotopic (exact) mass is 453 g/mol. The van der Waals surface area contributed by atoms with Crippen molar-refractivity contribution in [1.82, 2.24) is 15.1 Å². The maximum absolute atomic E-state index is 12.9. The minimum absolute atomic E-state index is 0.0702. The van der Waals surface area contributed by atoms with Crippen molar-refractivity contribution in [3.8, 4) is 0 Å². The summed E-state index contributed by atoms with van der Waals surface area (Å²) in [4.78, 5) is 29.8. The van der Waals surface area contributed by atoms with Gasteiger partial charge in [-0.3, -0.25) is 9.59 Å². The van der Waals surface area contributed by atoms with Crippen LogP contribution in [0, 0.1) is 11.8 Å². The molecular formula is C23H33Cl2N3O2. The van der Waals surface area contributed by atoms with Crippen LogP contribution < -0.4 is 5.32 Å². The lowest BCUT2D eigenvalue weighted by atomic mass is 9.92. The third kappa shape index (κ3) is 6.12. The van der Waals surface area contributed by atoms with Gasteiger partial charge in [0.05, 0.1) is 10.6 Å². The first-order valence-electron chi connectivity index (χ1n) is 11.1. The van der Waals surface area contributed by atoms with Crippen molar-refractivity contribution in [1.29, 1.82) is 0 Å². The standard InChI is InChI=1S/C23H33Cl2N3O2/c1-16-12-17(2)15-27(14-16)10-4-3-9-26-22(29)21-6-5-11-28(21)23(30)19-13-18(24)7-8-20(19)25/h7-8,13,16-17,21H,3-6,9-12,14-15H2,1-2H3,(H,26,29). The molecule has 30 heavy (non-hydrogen) atoms. The Morgan fingerprint density at radius 3 is 2.60 bits per heavy atom. The van der Waals surface area contributed by atoms with E-state index >= 15 is 0 Å². The van der Waals surface area contributed by atoms with Crippen molar-refractivity contribution in [3.05, 3.63) is 33.8 Å². The molecule has 7 heteroatoms. The van der Waals surface area contributed by atoms with Crippen LogP contribution in [0.15, 0.2) is 18.2 Å². The minimum Gasteiger partial charge on any atom is -0.354 e. The van der Waals surface area contributed by atoms with Crippen LogP contribution in [-0.4, -0.2) is 60.4 Å². The molecule has 166 valence electrons. The lowest BCUT2D eigenvalue weighted by molar-refractivity contribution is -0.124. The summed E-state index contributed by atoms with van der Waals surface area (Å²) in [6.07, 6.45) is 4.84. The molecule has 2 amide bonds. The van der Waals surface area contributed by atoms with E-state index in [1.54, 1.807) is 23.1 Å². The topological polar surface area (TPSA) is 52.7 Å².